The van der Waals surface area contributed by atoms with E-state index >= 15 is 0 Å². The minimum atomic E-state index is 0.577. The summed E-state index contributed by atoms with van der Waals surface area (Å²) in [6.45, 7) is 6.65. The molecule has 1 heterocycles. The van der Waals surface area contributed by atoms with Crippen LogP contribution in [0.25, 0.3) is 0 Å². The van der Waals surface area contributed by atoms with Crippen LogP contribution >= 0.6 is 0 Å². The van der Waals surface area contributed by atoms with Crippen LogP contribution < -0.4 is 0 Å². The molecule has 1 unspecified atom stereocenters. The van der Waals surface area contributed by atoms with Crippen molar-refractivity contribution >= 4 is 6.34 Å². The third kappa shape index (κ3) is 12.2. The minimum absolute atomic E-state index is 0.577. The number of hydrogen-bond acceptors (Lipinski definition) is 2. The highest BCUT2D eigenvalue weighted by Gasteiger charge is 2.14. The monoisotopic (exact) mass is 348 g/mol. The molecular weight excluding hydrogens is 304 g/mol. The van der Waals surface area contributed by atoms with E-state index < -0.39 is 0 Å². The van der Waals surface area contributed by atoms with Gasteiger partial charge in [0.1, 0.15) is 0 Å². The van der Waals surface area contributed by atoms with E-state index in [4.69, 9.17) is 0 Å². The second kappa shape index (κ2) is 16.7. The van der Waals surface area contributed by atoms with Gasteiger partial charge in [-0.05, 0) is 19.3 Å². The van der Waals surface area contributed by atoms with Gasteiger partial charge >= 0.3 is 0 Å². The van der Waals surface area contributed by atoms with Crippen molar-refractivity contribution in [1.82, 2.24) is 4.90 Å². The van der Waals surface area contributed by atoms with E-state index in [1.807, 2.05) is 0 Å². The molecule has 0 aromatic carbocycles. The van der Waals surface area contributed by atoms with Crippen LogP contribution in [0, 0.1) is 0 Å². The molecule has 0 spiro atoms. The average molecular weight is 349 g/mol. The second-order valence-electron chi connectivity index (χ2n) is 7.72. The Morgan fingerprint density at radius 3 is 1.96 bits per heavy atom. The van der Waals surface area contributed by atoms with Crippen LogP contribution in [-0.2, 0) is 0 Å². The predicted molar refractivity (Wildman–Crippen MR) is 114 cm³/mol. The maximum Gasteiger partial charge on any atom is 0.0856 e. The molecule has 1 rings (SSSR count). The lowest BCUT2D eigenvalue weighted by Gasteiger charge is -2.23. The lowest BCUT2D eigenvalue weighted by molar-refractivity contribution is 0.376. The van der Waals surface area contributed by atoms with E-state index in [2.05, 4.69) is 42.2 Å². The van der Waals surface area contributed by atoms with Crippen molar-refractivity contribution in [1.29, 1.82) is 0 Å². The first-order chi connectivity index (χ1) is 12.4. The van der Waals surface area contributed by atoms with E-state index in [1.54, 1.807) is 0 Å². The van der Waals surface area contributed by atoms with Gasteiger partial charge in [-0.2, -0.15) is 0 Å². The number of rotatable bonds is 17. The topological polar surface area (TPSA) is 15.6 Å². The van der Waals surface area contributed by atoms with E-state index in [1.165, 1.54) is 96.3 Å². The molecule has 0 aromatic heterocycles. The van der Waals surface area contributed by atoms with Crippen LogP contribution in [0.2, 0.25) is 0 Å². The van der Waals surface area contributed by atoms with Crippen molar-refractivity contribution in [2.24, 2.45) is 4.99 Å². The lowest BCUT2D eigenvalue weighted by Crippen LogP contribution is -2.31. The maximum absolute atomic E-state index is 4.35. The number of aliphatic imine (C=N–C) groups is 1. The van der Waals surface area contributed by atoms with E-state index in [0.717, 1.165) is 13.1 Å². The molecule has 0 aliphatic carbocycles. The molecule has 2 heteroatoms. The number of nitrogens with zero attached hydrogens (tertiary/aromatic N) is 2. The summed E-state index contributed by atoms with van der Waals surface area (Å²) in [5, 5.41) is 0. The van der Waals surface area contributed by atoms with Gasteiger partial charge < -0.3 is 4.90 Å². The Balaban J connectivity index is 1.89. The van der Waals surface area contributed by atoms with Crippen molar-refractivity contribution in [3.05, 3.63) is 12.2 Å². The van der Waals surface area contributed by atoms with Crippen molar-refractivity contribution in [2.45, 2.75) is 116 Å². The van der Waals surface area contributed by atoms with Gasteiger partial charge in [0, 0.05) is 12.6 Å². The van der Waals surface area contributed by atoms with E-state index in [0.29, 0.717) is 6.04 Å². The molecule has 0 radical (unpaired) electrons. The summed E-state index contributed by atoms with van der Waals surface area (Å²) in [5.41, 5.74) is 0. The molecule has 0 fully saturated rings. The van der Waals surface area contributed by atoms with Gasteiger partial charge in [0.15, 0.2) is 0 Å². The summed E-state index contributed by atoms with van der Waals surface area (Å²) < 4.78 is 0. The zero-order valence-corrected chi connectivity index (χ0v) is 17.2. The molecular formula is C23H44N2. The third-order valence-corrected chi connectivity index (χ3v) is 5.31. The van der Waals surface area contributed by atoms with Crippen LogP contribution in [0.15, 0.2) is 17.1 Å². The molecule has 2 nitrogen and oxygen atoms in total. The number of allylic oxidation sites excluding steroid dienone is 1. The minimum Gasteiger partial charge on any atom is -0.355 e. The van der Waals surface area contributed by atoms with Gasteiger partial charge in [0.05, 0.1) is 12.9 Å². The fourth-order valence-corrected chi connectivity index (χ4v) is 3.67. The van der Waals surface area contributed by atoms with Crippen LogP contribution in [0.4, 0.5) is 0 Å². The molecule has 1 aliphatic rings. The van der Waals surface area contributed by atoms with E-state index in [-0.39, 0.29) is 0 Å². The van der Waals surface area contributed by atoms with Crippen molar-refractivity contribution in [3.8, 4) is 0 Å². The number of unbranched alkanes of at least 4 members (excludes halogenated alkanes) is 12. The first kappa shape index (κ1) is 22.3. The van der Waals surface area contributed by atoms with Gasteiger partial charge in [0.25, 0.3) is 0 Å². The predicted octanol–water partition coefficient (Wildman–Crippen LogP) is 7.15. The first-order valence-electron chi connectivity index (χ1n) is 11.3. The molecule has 0 aromatic rings. The van der Waals surface area contributed by atoms with Crippen molar-refractivity contribution in [2.75, 3.05) is 13.1 Å². The highest BCUT2D eigenvalue weighted by Crippen LogP contribution is 2.14. The number of hydrogen-bond donors (Lipinski definition) is 0. The standard InChI is InChI=1S/C23H44N2/c1-3-5-6-7-8-9-10-11-12-13-14-15-16-17-19-23(18-4-2)25-21-20-24-22-25/h17,19,22-23H,3-16,18,20-21H2,1-2H3. The Hall–Kier alpha value is -0.790. The summed E-state index contributed by atoms with van der Waals surface area (Å²) in [4.78, 5) is 6.76. The Morgan fingerprint density at radius 2 is 1.44 bits per heavy atom. The zero-order chi connectivity index (χ0) is 18.0. The summed E-state index contributed by atoms with van der Waals surface area (Å²) in [5.74, 6) is 0. The first-order valence-corrected chi connectivity index (χ1v) is 11.3. The molecule has 0 saturated carbocycles. The van der Waals surface area contributed by atoms with Crippen LogP contribution in [-0.4, -0.2) is 30.4 Å². The van der Waals surface area contributed by atoms with Crippen molar-refractivity contribution in [3.63, 3.8) is 0 Å². The lowest BCUT2D eigenvalue weighted by atomic mass is 10.0. The van der Waals surface area contributed by atoms with Crippen LogP contribution in [0.1, 0.15) is 110 Å². The summed E-state index contributed by atoms with van der Waals surface area (Å²) in [6.07, 6.45) is 27.8. The average Bonchev–Trinajstić information content (AvgIpc) is 3.15. The largest absolute Gasteiger partial charge is 0.355 e. The molecule has 146 valence electrons. The smallest absolute Gasteiger partial charge is 0.0856 e. The fourth-order valence-electron chi connectivity index (χ4n) is 3.67. The molecule has 25 heavy (non-hydrogen) atoms. The molecule has 1 atom stereocenters. The van der Waals surface area contributed by atoms with Gasteiger partial charge in [-0.3, -0.25) is 4.99 Å². The van der Waals surface area contributed by atoms with Gasteiger partial charge in [0.2, 0.25) is 0 Å². The quantitative estimate of drug-likeness (QED) is 0.201. The SMILES string of the molecule is CCCCCCCCCCCCCCC=CC(CCC)N1C=NCC1. The van der Waals surface area contributed by atoms with Crippen molar-refractivity contribution < 1.29 is 0 Å². The Morgan fingerprint density at radius 1 is 0.840 bits per heavy atom. The van der Waals surface area contributed by atoms with Gasteiger partial charge in [-0.25, -0.2) is 0 Å². The highest BCUT2D eigenvalue weighted by molar-refractivity contribution is 5.58. The van der Waals surface area contributed by atoms with E-state index in [9.17, 15) is 0 Å². The fraction of sp³-hybridized carbons (Fsp3) is 0.870. The van der Waals surface area contributed by atoms with Crippen LogP contribution in [0.5, 0.6) is 0 Å². The third-order valence-electron chi connectivity index (χ3n) is 5.31. The van der Waals surface area contributed by atoms with Crippen LogP contribution in [0.3, 0.4) is 0 Å². The summed E-state index contributed by atoms with van der Waals surface area (Å²) in [6, 6.07) is 0.577. The maximum atomic E-state index is 4.35. The Kier molecular flexibility index (Phi) is 14.8. The normalized spacial score (nSPS) is 15.5. The molecule has 0 bridgehead atoms. The second-order valence-corrected chi connectivity index (χ2v) is 7.72. The Bertz CT molecular complexity index is 335. The Labute approximate surface area is 158 Å². The van der Waals surface area contributed by atoms with Gasteiger partial charge in [-0.1, -0.05) is 103 Å². The molecule has 0 saturated heterocycles. The van der Waals surface area contributed by atoms with Gasteiger partial charge in [-0.15, -0.1) is 0 Å². The summed E-state index contributed by atoms with van der Waals surface area (Å²) in [7, 11) is 0. The summed E-state index contributed by atoms with van der Waals surface area (Å²) >= 11 is 0. The highest BCUT2D eigenvalue weighted by atomic mass is 15.2. The molecule has 0 amide bonds. The zero-order valence-electron chi connectivity index (χ0n) is 17.2. The molecule has 0 N–H and O–H groups in total. The molecule has 1 aliphatic heterocycles.